The molecule has 0 saturated carbocycles. The number of anilines is 2. The molecule has 8 nitrogen and oxygen atoms in total. The van der Waals surface area contributed by atoms with Gasteiger partial charge in [-0.05, 0) is 42.0 Å². The highest BCUT2D eigenvalue weighted by atomic mass is 19.1. The van der Waals surface area contributed by atoms with Gasteiger partial charge >= 0.3 is 0 Å². The molecular formula is C25H25FN6O2. The Labute approximate surface area is 196 Å². The van der Waals surface area contributed by atoms with E-state index in [1.54, 1.807) is 18.3 Å². The van der Waals surface area contributed by atoms with Crippen molar-refractivity contribution >= 4 is 17.3 Å². The Morgan fingerprint density at radius 3 is 2.62 bits per heavy atom. The Hall–Kier alpha value is -3.56. The second kappa shape index (κ2) is 9.00. The first kappa shape index (κ1) is 21.0. The number of aromatic nitrogens is 4. The fourth-order valence-electron chi connectivity index (χ4n) is 4.59. The molecule has 6 rings (SSSR count). The Morgan fingerprint density at radius 1 is 0.882 bits per heavy atom. The normalized spacial score (nSPS) is 19.0. The van der Waals surface area contributed by atoms with Crippen LogP contribution in [0, 0.1) is 5.82 Å². The first-order chi connectivity index (χ1) is 16.8. The third-order valence-corrected chi connectivity index (χ3v) is 6.34. The van der Waals surface area contributed by atoms with Crippen molar-refractivity contribution in [2.45, 2.75) is 6.04 Å². The Morgan fingerprint density at radius 2 is 1.74 bits per heavy atom. The number of rotatable bonds is 4. The molecule has 2 aliphatic rings. The quantitative estimate of drug-likeness (QED) is 0.463. The molecule has 174 valence electrons. The molecular weight excluding hydrogens is 435 g/mol. The molecule has 0 N–H and O–H groups in total. The van der Waals surface area contributed by atoms with Crippen LogP contribution in [0.3, 0.4) is 0 Å². The van der Waals surface area contributed by atoms with E-state index in [1.807, 2.05) is 40.9 Å². The summed E-state index contributed by atoms with van der Waals surface area (Å²) < 4.78 is 27.0. The number of nitrogens with zero attached hydrogens (tertiary/aromatic N) is 6. The van der Waals surface area contributed by atoms with Gasteiger partial charge in [-0.15, -0.1) is 5.10 Å². The first-order valence-electron chi connectivity index (χ1n) is 11.5. The summed E-state index contributed by atoms with van der Waals surface area (Å²) in [5, 5.41) is 4.93. The number of pyridine rings is 1. The van der Waals surface area contributed by atoms with Gasteiger partial charge in [0.15, 0.2) is 5.65 Å². The molecule has 3 aromatic heterocycles. The van der Waals surface area contributed by atoms with Gasteiger partial charge in [0.05, 0.1) is 44.4 Å². The van der Waals surface area contributed by atoms with Gasteiger partial charge in [0.25, 0.3) is 0 Å². The maximum absolute atomic E-state index is 13.9. The van der Waals surface area contributed by atoms with Gasteiger partial charge in [0, 0.05) is 19.6 Å². The Bertz CT molecular complexity index is 1310. The van der Waals surface area contributed by atoms with E-state index in [4.69, 9.17) is 19.6 Å². The van der Waals surface area contributed by atoms with E-state index in [9.17, 15) is 4.39 Å². The molecule has 0 amide bonds. The number of imidazole rings is 1. The molecule has 1 atom stereocenters. The van der Waals surface area contributed by atoms with Gasteiger partial charge in [0.2, 0.25) is 0 Å². The lowest BCUT2D eigenvalue weighted by atomic mass is 10.0. The lowest BCUT2D eigenvalue weighted by Gasteiger charge is -2.36. The molecule has 0 aliphatic carbocycles. The zero-order valence-corrected chi connectivity index (χ0v) is 18.7. The van der Waals surface area contributed by atoms with Crippen molar-refractivity contribution in [1.29, 1.82) is 0 Å². The number of fused-ring (bicyclic) bond motifs is 1. The van der Waals surface area contributed by atoms with Gasteiger partial charge in [-0.25, -0.2) is 18.9 Å². The number of ether oxygens (including phenoxy) is 2. The van der Waals surface area contributed by atoms with Crippen LogP contribution in [0.25, 0.3) is 17.0 Å². The average Bonchev–Trinajstić information content (AvgIpc) is 3.33. The van der Waals surface area contributed by atoms with Crippen LogP contribution in [0.1, 0.15) is 11.6 Å². The molecule has 9 heteroatoms. The monoisotopic (exact) mass is 460 g/mol. The predicted molar refractivity (Wildman–Crippen MR) is 127 cm³/mol. The van der Waals surface area contributed by atoms with E-state index in [-0.39, 0.29) is 11.9 Å². The highest BCUT2D eigenvalue weighted by Gasteiger charge is 2.27. The van der Waals surface area contributed by atoms with E-state index >= 15 is 0 Å². The highest BCUT2D eigenvalue weighted by molar-refractivity contribution is 5.62. The van der Waals surface area contributed by atoms with Crippen molar-refractivity contribution in [1.82, 2.24) is 19.6 Å². The van der Waals surface area contributed by atoms with Gasteiger partial charge in [0.1, 0.15) is 23.1 Å². The second-order valence-electron chi connectivity index (χ2n) is 8.42. The maximum atomic E-state index is 13.9. The number of halogens is 1. The van der Waals surface area contributed by atoms with Crippen LogP contribution in [-0.4, -0.2) is 65.6 Å². The molecule has 2 fully saturated rings. The number of hydrogen-bond acceptors (Lipinski definition) is 7. The summed E-state index contributed by atoms with van der Waals surface area (Å²) >= 11 is 0. The topological polar surface area (TPSA) is 68.0 Å². The van der Waals surface area contributed by atoms with Crippen LogP contribution in [0.15, 0.2) is 60.8 Å². The number of benzene rings is 1. The minimum Gasteiger partial charge on any atom is -0.378 e. The third kappa shape index (κ3) is 3.97. The van der Waals surface area contributed by atoms with Gasteiger partial charge in [-0.3, -0.25) is 0 Å². The Balaban J connectivity index is 1.36. The minimum absolute atomic E-state index is 0.121. The van der Waals surface area contributed by atoms with E-state index in [0.29, 0.717) is 33.0 Å². The zero-order chi connectivity index (χ0) is 22.9. The predicted octanol–water partition coefficient (Wildman–Crippen LogP) is 3.34. The van der Waals surface area contributed by atoms with Crippen LogP contribution in [0.4, 0.5) is 16.0 Å². The molecule has 2 saturated heterocycles. The summed E-state index contributed by atoms with van der Waals surface area (Å²) in [6.45, 7) is 4.79. The fourth-order valence-corrected chi connectivity index (χ4v) is 4.59. The molecule has 34 heavy (non-hydrogen) atoms. The van der Waals surface area contributed by atoms with Gasteiger partial charge < -0.3 is 19.3 Å². The van der Waals surface area contributed by atoms with Crippen LogP contribution in [-0.2, 0) is 9.47 Å². The SMILES string of the molecule is Fc1cccc(C2COCCN2c2ccc3ncc(-c4cccc(N5CCOCC5)n4)n3n2)c1. The van der Waals surface area contributed by atoms with Crippen molar-refractivity contribution in [2.75, 3.05) is 55.9 Å². The maximum Gasteiger partial charge on any atom is 0.154 e. The van der Waals surface area contributed by atoms with E-state index in [0.717, 1.165) is 47.3 Å². The molecule has 4 aromatic rings. The van der Waals surface area contributed by atoms with E-state index < -0.39 is 0 Å². The first-order valence-corrected chi connectivity index (χ1v) is 11.5. The third-order valence-electron chi connectivity index (χ3n) is 6.34. The fraction of sp³-hybridized carbons (Fsp3) is 0.320. The minimum atomic E-state index is -0.255. The lowest BCUT2D eigenvalue weighted by molar-refractivity contribution is 0.0935. The summed E-state index contributed by atoms with van der Waals surface area (Å²) in [6, 6.07) is 16.5. The number of hydrogen-bond donors (Lipinski definition) is 0. The van der Waals surface area contributed by atoms with Gasteiger partial charge in [-0.2, -0.15) is 0 Å². The molecule has 0 bridgehead atoms. The van der Waals surface area contributed by atoms with E-state index in [1.165, 1.54) is 6.07 Å². The molecule has 5 heterocycles. The van der Waals surface area contributed by atoms with E-state index in [2.05, 4.69) is 14.8 Å². The zero-order valence-electron chi connectivity index (χ0n) is 18.7. The average molecular weight is 461 g/mol. The van der Waals surface area contributed by atoms with Crippen molar-refractivity contribution in [3.63, 3.8) is 0 Å². The van der Waals surface area contributed by atoms with Crippen LogP contribution >= 0.6 is 0 Å². The van der Waals surface area contributed by atoms with Crippen molar-refractivity contribution in [2.24, 2.45) is 0 Å². The number of morpholine rings is 2. The smallest absolute Gasteiger partial charge is 0.154 e. The van der Waals surface area contributed by atoms with Crippen molar-refractivity contribution < 1.29 is 13.9 Å². The summed E-state index contributed by atoms with van der Waals surface area (Å²) in [6.07, 6.45) is 1.81. The second-order valence-corrected chi connectivity index (χ2v) is 8.42. The molecule has 0 spiro atoms. The summed E-state index contributed by atoms with van der Waals surface area (Å²) in [7, 11) is 0. The molecule has 1 aromatic carbocycles. The van der Waals surface area contributed by atoms with Crippen LogP contribution in [0.2, 0.25) is 0 Å². The standard InChI is InChI=1S/C25H25FN6O2/c26-19-4-1-3-18(15-19)22-17-34-14-11-31(22)25-8-7-23-27-16-21(32(23)29-25)20-5-2-6-24(28-20)30-9-12-33-13-10-30/h1-8,15-16,22H,9-14,17H2. The molecule has 2 aliphatic heterocycles. The van der Waals surface area contributed by atoms with Crippen molar-refractivity contribution in [3.8, 4) is 11.4 Å². The summed E-state index contributed by atoms with van der Waals surface area (Å²) in [5.41, 5.74) is 3.24. The largest absolute Gasteiger partial charge is 0.378 e. The summed E-state index contributed by atoms with van der Waals surface area (Å²) in [4.78, 5) is 13.8. The van der Waals surface area contributed by atoms with Crippen LogP contribution in [0.5, 0.6) is 0 Å². The van der Waals surface area contributed by atoms with Crippen LogP contribution < -0.4 is 9.80 Å². The van der Waals surface area contributed by atoms with Gasteiger partial charge in [-0.1, -0.05) is 18.2 Å². The highest BCUT2D eigenvalue weighted by Crippen LogP contribution is 2.30. The van der Waals surface area contributed by atoms with Crippen molar-refractivity contribution in [3.05, 3.63) is 72.2 Å². The Kier molecular flexibility index (Phi) is 5.56. The molecule has 0 radical (unpaired) electrons. The summed E-state index contributed by atoms with van der Waals surface area (Å²) in [5.74, 6) is 1.45. The molecule has 1 unspecified atom stereocenters. The lowest BCUT2D eigenvalue weighted by Crippen LogP contribution is -2.40.